The Hall–Kier alpha value is -1.01. The first-order chi connectivity index (χ1) is 10.3. The second-order valence-electron chi connectivity index (χ2n) is 3.97. The first-order valence-electron chi connectivity index (χ1n) is 5.97. The molecule has 0 aromatic heterocycles. The van der Waals surface area contributed by atoms with Crippen molar-refractivity contribution in [3.8, 4) is 0 Å². The van der Waals surface area contributed by atoms with Gasteiger partial charge in [-0.1, -0.05) is 0 Å². The maximum absolute atomic E-state index is 11.9. The number of carboxylic acid groups (broad SMARTS) is 2. The molecule has 9 nitrogen and oxygen atoms in total. The van der Waals surface area contributed by atoms with Crippen molar-refractivity contribution in [2.45, 2.75) is 4.90 Å². The number of ether oxygens (including phenoxy) is 1. The Morgan fingerprint density at radius 2 is 1.52 bits per heavy atom. The van der Waals surface area contributed by atoms with Crippen LogP contribution in [0.4, 0.5) is 0 Å². The molecule has 0 saturated heterocycles. The van der Waals surface area contributed by atoms with Gasteiger partial charge in [0.05, 0.1) is 42.4 Å². The van der Waals surface area contributed by atoms with Gasteiger partial charge in [0.2, 0.25) is 0 Å². The summed E-state index contributed by atoms with van der Waals surface area (Å²) in [4.78, 5) is 21.3. The first kappa shape index (κ1) is 22.0. The van der Waals surface area contributed by atoms with E-state index in [1.165, 1.54) is 0 Å². The molecule has 0 bridgehead atoms. The van der Waals surface area contributed by atoms with Crippen molar-refractivity contribution in [2.75, 3.05) is 26.4 Å². The normalized spacial score (nSPS) is 10.8. The molecular formula is C12H15NaO9S. The molecule has 1 aromatic rings. The van der Waals surface area contributed by atoms with E-state index in [9.17, 15) is 18.0 Å². The average Bonchev–Trinajstić information content (AvgIpc) is 2.46. The van der Waals surface area contributed by atoms with Crippen molar-refractivity contribution >= 4 is 22.1 Å². The number of rotatable bonds is 9. The molecule has 1 aromatic carbocycles. The molecule has 0 heterocycles. The van der Waals surface area contributed by atoms with Crippen LogP contribution in [0.1, 0.15) is 22.1 Å². The minimum Gasteiger partial charge on any atom is -1.00 e. The van der Waals surface area contributed by atoms with Crippen molar-refractivity contribution in [1.29, 1.82) is 0 Å². The summed E-state index contributed by atoms with van der Waals surface area (Å²) in [7, 11) is -4.33. The number of benzene rings is 1. The van der Waals surface area contributed by atoms with Gasteiger partial charge in [-0.05, 0) is 18.2 Å². The predicted molar refractivity (Wildman–Crippen MR) is 72.5 cm³/mol. The number of hydrogen-bond acceptors (Lipinski definition) is 7. The topological polar surface area (TPSA) is 147 Å². The molecule has 3 N–H and O–H groups in total. The second-order valence-corrected chi connectivity index (χ2v) is 5.58. The number of aromatic carboxylic acids is 2. The van der Waals surface area contributed by atoms with Crippen LogP contribution >= 0.6 is 0 Å². The number of carbonyl (C=O) groups is 2. The van der Waals surface area contributed by atoms with Crippen LogP contribution in [-0.4, -0.2) is 62.1 Å². The van der Waals surface area contributed by atoms with Crippen LogP contribution in [0, 0.1) is 0 Å². The molecule has 0 aliphatic heterocycles. The van der Waals surface area contributed by atoms with Gasteiger partial charge in [0.15, 0.2) is 0 Å². The Labute approximate surface area is 155 Å². The molecule has 23 heavy (non-hydrogen) atoms. The van der Waals surface area contributed by atoms with Gasteiger partial charge in [-0.15, -0.1) is 0 Å². The van der Waals surface area contributed by atoms with Crippen LogP contribution in [0.5, 0.6) is 0 Å². The third kappa shape index (κ3) is 6.96. The molecule has 0 saturated carbocycles. The Balaban J connectivity index is 0. The number of carboxylic acids is 2. The Morgan fingerprint density at radius 3 is 1.96 bits per heavy atom. The van der Waals surface area contributed by atoms with E-state index in [2.05, 4.69) is 4.18 Å². The minimum absolute atomic E-state index is 0. The molecule has 124 valence electrons. The van der Waals surface area contributed by atoms with Gasteiger partial charge in [-0.2, -0.15) is 8.42 Å². The van der Waals surface area contributed by atoms with E-state index in [4.69, 9.17) is 20.1 Å². The summed E-state index contributed by atoms with van der Waals surface area (Å²) in [5.41, 5.74) is -0.975. The largest absolute Gasteiger partial charge is 1.00 e. The van der Waals surface area contributed by atoms with Crippen molar-refractivity contribution < 1.29 is 73.2 Å². The van der Waals surface area contributed by atoms with Gasteiger partial charge >= 0.3 is 41.5 Å². The zero-order valence-electron chi connectivity index (χ0n) is 13.3. The molecule has 0 unspecified atom stereocenters. The second kappa shape index (κ2) is 9.98. The van der Waals surface area contributed by atoms with Crippen molar-refractivity contribution in [2.24, 2.45) is 0 Å². The number of aliphatic hydroxyl groups is 1. The summed E-state index contributed by atoms with van der Waals surface area (Å²) in [6, 6.07) is 2.45. The SMILES string of the molecule is O=C(O)c1cc(C(=O)O)cc(S(=O)(=O)OCCOCCO)c1.[H-].[Na+]. The molecule has 0 fully saturated rings. The van der Waals surface area contributed by atoms with Crippen LogP contribution in [-0.2, 0) is 19.0 Å². The zero-order valence-corrected chi connectivity index (χ0v) is 15.1. The first-order valence-corrected chi connectivity index (χ1v) is 7.38. The van der Waals surface area contributed by atoms with Crippen LogP contribution in [0.3, 0.4) is 0 Å². The molecule has 11 heteroatoms. The van der Waals surface area contributed by atoms with Gasteiger partial charge in [-0.25, -0.2) is 9.59 Å². The zero-order chi connectivity index (χ0) is 16.8. The smallest absolute Gasteiger partial charge is 1.00 e. The molecule has 0 aliphatic rings. The Bertz CT molecular complexity index is 630. The van der Waals surface area contributed by atoms with Crippen molar-refractivity contribution in [3.63, 3.8) is 0 Å². The molecule has 1 rings (SSSR count). The van der Waals surface area contributed by atoms with E-state index in [0.29, 0.717) is 0 Å². The average molecular weight is 358 g/mol. The third-order valence-corrected chi connectivity index (χ3v) is 3.68. The van der Waals surface area contributed by atoms with Gasteiger partial charge in [0.1, 0.15) is 0 Å². The van der Waals surface area contributed by atoms with E-state index in [1.54, 1.807) is 0 Å². The standard InChI is InChI=1S/C12H14O9S.Na.H/c13-1-2-20-3-4-21-22(18,19)10-6-8(11(14)15)5-9(7-10)12(16)17;;/h5-7,13H,1-4H2,(H,14,15)(H,16,17);;/q;+1;-1. The Kier molecular flexibility index (Phi) is 9.54. The van der Waals surface area contributed by atoms with Crippen LogP contribution in [0.15, 0.2) is 23.1 Å². The van der Waals surface area contributed by atoms with E-state index < -0.39 is 38.1 Å². The van der Waals surface area contributed by atoms with E-state index in [1.807, 2.05) is 0 Å². The van der Waals surface area contributed by atoms with Crippen molar-refractivity contribution in [3.05, 3.63) is 29.3 Å². The summed E-state index contributed by atoms with van der Waals surface area (Å²) in [6.45, 7) is -0.678. The van der Waals surface area contributed by atoms with E-state index in [0.717, 1.165) is 18.2 Å². The fourth-order valence-electron chi connectivity index (χ4n) is 1.43. The maximum Gasteiger partial charge on any atom is 1.00 e. The van der Waals surface area contributed by atoms with E-state index >= 15 is 0 Å². The van der Waals surface area contributed by atoms with Crippen LogP contribution in [0.25, 0.3) is 0 Å². The fourth-order valence-corrected chi connectivity index (χ4v) is 2.39. The number of hydrogen-bond donors (Lipinski definition) is 3. The predicted octanol–water partition coefficient (Wildman–Crippen LogP) is -3.09. The monoisotopic (exact) mass is 358 g/mol. The number of aliphatic hydroxyl groups excluding tert-OH is 1. The third-order valence-electron chi connectivity index (χ3n) is 2.39. The van der Waals surface area contributed by atoms with Gasteiger partial charge in [-0.3, -0.25) is 4.18 Å². The summed E-state index contributed by atoms with van der Waals surface area (Å²) < 4.78 is 33.2. The van der Waals surface area contributed by atoms with Crippen LogP contribution in [0.2, 0.25) is 0 Å². The summed E-state index contributed by atoms with van der Waals surface area (Å²) in [5.74, 6) is -2.93. The summed E-state index contributed by atoms with van der Waals surface area (Å²) >= 11 is 0. The molecule has 0 atom stereocenters. The fraction of sp³-hybridized carbons (Fsp3) is 0.333. The Morgan fingerprint density at radius 1 is 1.00 bits per heavy atom. The van der Waals surface area contributed by atoms with E-state index in [-0.39, 0.29) is 57.4 Å². The summed E-state index contributed by atoms with van der Waals surface area (Å²) in [5, 5.41) is 26.2. The molecule has 0 spiro atoms. The molecule has 0 radical (unpaired) electrons. The molecule has 0 aliphatic carbocycles. The van der Waals surface area contributed by atoms with Crippen molar-refractivity contribution in [1.82, 2.24) is 0 Å². The quantitative estimate of drug-likeness (QED) is 0.237. The van der Waals surface area contributed by atoms with Gasteiger partial charge < -0.3 is 21.5 Å². The van der Waals surface area contributed by atoms with Gasteiger partial charge in [0.25, 0.3) is 10.1 Å². The maximum atomic E-state index is 11.9. The molecule has 0 amide bonds. The molecular weight excluding hydrogens is 343 g/mol. The summed E-state index contributed by atoms with van der Waals surface area (Å²) in [6.07, 6.45) is 0. The van der Waals surface area contributed by atoms with Crippen LogP contribution < -0.4 is 29.6 Å². The minimum atomic E-state index is -4.33. The van der Waals surface area contributed by atoms with Gasteiger partial charge in [0, 0.05) is 0 Å².